The number of halogens is 2. The van der Waals surface area contributed by atoms with E-state index >= 15 is 0 Å². The summed E-state index contributed by atoms with van der Waals surface area (Å²) in [4.78, 5) is 11.5. The van der Waals surface area contributed by atoms with Crippen LogP contribution in [0.3, 0.4) is 0 Å². The highest BCUT2D eigenvalue weighted by molar-refractivity contribution is 6.45. The molecule has 0 amide bonds. The number of fused-ring (bicyclic) bond motifs is 3. The van der Waals surface area contributed by atoms with E-state index in [1.807, 2.05) is 12.1 Å². The molecule has 1 unspecified atom stereocenters. The van der Waals surface area contributed by atoms with Crippen molar-refractivity contribution in [2.75, 3.05) is 31.5 Å². The SMILES string of the molecule is Clc1ccc2cnc(NC3=NCC4(CN5CCC4CC5)O3)cc2c1Cl. The summed E-state index contributed by atoms with van der Waals surface area (Å²) in [5, 5.41) is 6.09. The Bertz CT molecular complexity index is 879. The first-order valence-electron chi connectivity index (χ1n) is 8.60. The minimum Gasteiger partial charge on any atom is -0.455 e. The average Bonchev–Trinajstić information content (AvgIpc) is 3.01. The lowest BCUT2D eigenvalue weighted by atomic mass is 9.75. The van der Waals surface area contributed by atoms with Crippen molar-refractivity contribution in [2.45, 2.75) is 18.4 Å². The van der Waals surface area contributed by atoms with E-state index in [1.165, 1.54) is 25.9 Å². The van der Waals surface area contributed by atoms with Gasteiger partial charge in [-0.2, -0.15) is 0 Å². The quantitative estimate of drug-likeness (QED) is 0.821. The maximum Gasteiger partial charge on any atom is 0.291 e. The summed E-state index contributed by atoms with van der Waals surface area (Å²) in [5.74, 6) is 1.26. The molecule has 1 aromatic carbocycles. The number of rotatable bonds is 1. The Balaban J connectivity index is 1.38. The Morgan fingerprint density at radius 2 is 2.08 bits per heavy atom. The zero-order valence-corrected chi connectivity index (χ0v) is 15.1. The Hall–Kier alpha value is -1.56. The van der Waals surface area contributed by atoms with Crippen LogP contribution < -0.4 is 5.32 Å². The van der Waals surface area contributed by atoms with Crippen LogP contribution in [0.1, 0.15) is 12.8 Å². The van der Waals surface area contributed by atoms with Gasteiger partial charge in [-0.3, -0.25) is 10.2 Å². The van der Waals surface area contributed by atoms with Gasteiger partial charge in [0.05, 0.1) is 16.6 Å². The van der Waals surface area contributed by atoms with Gasteiger partial charge in [0.1, 0.15) is 11.4 Å². The first-order chi connectivity index (χ1) is 12.1. The molecule has 1 spiro atoms. The number of nitrogens with zero attached hydrogens (tertiary/aromatic N) is 3. The van der Waals surface area contributed by atoms with Crippen molar-refractivity contribution in [2.24, 2.45) is 10.9 Å². The van der Waals surface area contributed by atoms with Gasteiger partial charge in [0.15, 0.2) is 0 Å². The molecule has 3 saturated heterocycles. The van der Waals surface area contributed by atoms with Crippen molar-refractivity contribution >= 4 is 45.8 Å². The summed E-state index contributed by atoms with van der Waals surface area (Å²) < 4.78 is 6.29. The summed E-state index contributed by atoms with van der Waals surface area (Å²) >= 11 is 12.4. The number of benzene rings is 1. The third-order valence-corrected chi connectivity index (χ3v) is 6.46. The molecule has 0 radical (unpaired) electrons. The van der Waals surface area contributed by atoms with Crippen LogP contribution in [-0.4, -0.2) is 47.7 Å². The lowest BCUT2D eigenvalue weighted by Crippen LogP contribution is -2.61. The summed E-state index contributed by atoms with van der Waals surface area (Å²) in [6.07, 6.45) is 4.18. The van der Waals surface area contributed by atoms with Crippen molar-refractivity contribution in [1.82, 2.24) is 9.88 Å². The van der Waals surface area contributed by atoms with Gasteiger partial charge in [0.25, 0.3) is 6.02 Å². The molecule has 130 valence electrons. The highest BCUT2D eigenvalue weighted by Gasteiger charge is 2.51. The van der Waals surface area contributed by atoms with E-state index < -0.39 is 0 Å². The minimum atomic E-state index is -0.156. The molecule has 1 atom stereocenters. The number of piperidine rings is 3. The van der Waals surface area contributed by atoms with Crippen LogP contribution in [0.5, 0.6) is 0 Å². The minimum absolute atomic E-state index is 0.156. The van der Waals surface area contributed by atoms with Crippen LogP contribution in [0.25, 0.3) is 10.8 Å². The number of pyridine rings is 1. The normalized spacial score (nSPS) is 30.6. The zero-order chi connectivity index (χ0) is 17.0. The summed E-state index contributed by atoms with van der Waals surface area (Å²) in [7, 11) is 0. The molecular formula is C18H18Cl2N4O. The molecular weight excluding hydrogens is 359 g/mol. The van der Waals surface area contributed by atoms with E-state index in [9.17, 15) is 0 Å². The predicted molar refractivity (Wildman–Crippen MR) is 101 cm³/mol. The van der Waals surface area contributed by atoms with E-state index in [0.717, 1.165) is 23.9 Å². The van der Waals surface area contributed by atoms with E-state index in [4.69, 9.17) is 27.9 Å². The number of nitrogens with one attached hydrogen (secondary N) is 1. The van der Waals surface area contributed by atoms with Crippen LogP contribution in [0.2, 0.25) is 10.0 Å². The highest BCUT2D eigenvalue weighted by atomic mass is 35.5. The van der Waals surface area contributed by atoms with Gasteiger partial charge in [-0.05, 0) is 38.1 Å². The van der Waals surface area contributed by atoms with Gasteiger partial charge in [0, 0.05) is 29.4 Å². The van der Waals surface area contributed by atoms with Crippen molar-refractivity contribution < 1.29 is 4.74 Å². The molecule has 3 fully saturated rings. The third-order valence-electron chi connectivity index (χ3n) is 5.64. The summed E-state index contributed by atoms with van der Waals surface area (Å²) in [5.41, 5.74) is -0.156. The van der Waals surface area contributed by atoms with E-state index in [0.29, 0.717) is 27.8 Å². The third kappa shape index (κ3) is 2.57. The molecule has 5 heterocycles. The summed E-state index contributed by atoms with van der Waals surface area (Å²) in [6, 6.07) is 6.13. The smallest absolute Gasteiger partial charge is 0.291 e. The Kier molecular flexibility index (Phi) is 3.59. The van der Waals surface area contributed by atoms with Gasteiger partial charge in [-0.15, -0.1) is 0 Å². The van der Waals surface area contributed by atoms with Gasteiger partial charge in [-0.1, -0.05) is 29.3 Å². The maximum absolute atomic E-state index is 6.32. The van der Waals surface area contributed by atoms with Crippen molar-refractivity contribution in [3.05, 3.63) is 34.4 Å². The first-order valence-corrected chi connectivity index (χ1v) is 9.35. The van der Waals surface area contributed by atoms with Gasteiger partial charge in [0.2, 0.25) is 0 Å². The standard InChI is InChI=1S/C18H18Cl2N4O/c19-14-2-1-11-8-21-15(7-13(11)16(14)20)23-17-22-9-18(25-17)10-24-5-3-12(18)4-6-24/h1-2,7-8,12H,3-6,9-10H2,(H,21,22,23). The topological polar surface area (TPSA) is 49.8 Å². The molecule has 7 heteroatoms. The fourth-order valence-corrected chi connectivity index (χ4v) is 4.67. The number of anilines is 1. The van der Waals surface area contributed by atoms with E-state index in [-0.39, 0.29) is 5.60 Å². The number of hydrogen-bond donors (Lipinski definition) is 1. The van der Waals surface area contributed by atoms with Gasteiger partial charge >= 0.3 is 0 Å². The first kappa shape index (κ1) is 15.7. The molecule has 6 rings (SSSR count). The molecule has 5 nitrogen and oxygen atoms in total. The second kappa shape index (κ2) is 5.73. The molecule has 4 aliphatic rings. The van der Waals surface area contributed by atoms with Crippen molar-refractivity contribution in [3.63, 3.8) is 0 Å². The molecule has 2 bridgehead atoms. The highest BCUT2D eigenvalue weighted by Crippen LogP contribution is 2.41. The maximum atomic E-state index is 6.32. The van der Waals surface area contributed by atoms with Crippen LogP contribution in [0.15, 0.2) is 29.4 Å². The lowest BCUT2D eigenvalue weighted by Gasteiger charge is -2.50. The van der Waals surface area contributed by atoms with Crippen LogP contribution >= 0.6 is 23.2 Å². The number of ether oxygens (including phenoxy) is 1. The molecule has 25 heavy (non-hydrogen) atoms. The molecule has 4 aliphatic heterocycles. The molecule has 2 aromatic rings. The molecule has 1 N–H and O–H groups in total. The van der Waals surface area contributed by atoms with E-state index in [2.05, 4.69) is 20.2 Å². The Morgan fingerprint density at radius 3 is 2.84 bits per heavy atom. The lowest BCUT2D eigenvalue weighted by molar-refractivity contribution is -0.0829. The van der Waals surface area contributed by atoms with Crippen LogP contribution in [0.4, 0.5) is 5.82 Å². The Morgan fingerprint density at radius 1 is 1.24 bits per heavy atom. The Labute approximate surface area is 156 Å². The average molecular weight is 377 g/mol. The zero-order valence-electron chi connectivity index (χ0n) is 13.6. The second-order valence-corrected chi connectivity index (χ2v) is 7.90. The predicted octanol–water partition coefficient (Wildman–Crippen LogP) is 3.80. The number of aromatic nitrogens is 1. The van der Waals surface area contributed by atoms with Crippen LogP contribution in [-0.2, 0) is 4.74 Å². The summed E-state index contributed by atoms with van der Waals surface area (Å²) in [6.45, 7) is 4.06. The van der Waals surface area contributed by atoms with Gasteiger partial charge < -0.3 is 4.74 Å². The number of hydrogen-bond acceptors (Lipinski definition) is 5. The number of amidine groups is 1. The van der Waals surface area contributed by atoms with Crippen molar-refractivity contribution in [1.29, 1.82) is 0 Å². The van der Waals surface area contributed by atoms with Crippen LogP contribution in [0, 0.1) is 5.92 Å². The van der Waals surface area contributed by atoms with Gasteiger partial charge in [-0.25, -0.2) is 9.98 Å². The molecule has 0 aliphatic carbocycles. The molecule has 1 aromatic heterocycles. The van der Waals surface area contributed by atoms with E-state index in [1.54, 1.807) is 12.3 Å². The fourth-order valence-electron chi connectivity index (χ4n) is 4.28. The largest absolute Gasteiger partial charge is 0.455 e. The second-order valence-electron chi connectivity index (χ2n) is 7.12. The number of aliphatic imine (C=N–C) groups is 1. The van der Waals surface area contributed by atoms with Crippen molar-refractivity contribution in [3.8, 4) is 0 Å². The molecule has 0 saturated carbocycles. The monoisotopic (exact) mass is 376 g/mol. The fraction of sp³-hybridized carbons (Fsp3) is 0.444.